The molecule has 0 bridgehead atoms. The second-order valence-corrected chi connectivity index (χ2v) is 6.92. The molecule has 0 aliphatic carbocycles. The van der Waals surface area contributed by atoms with Gasteiger partial charge in [-0.2, -0.15) is 0 Å². The van der Waals surface area contributed by atoms with Crippen LogP contribution in [0.25, 0.3) is 21.5 Å². The zero-order chi connectivity index (χ0) is 18.8. The summed E-state index contributed by atoms with van der Waals surface area (Å²) < 4.78 is 10.8. The number of fused-ring (bicyclic) bond motifs is 1. The van der Waals surface area contributed by atoms with Crippen LogP contribution in [0.3, 0.4) is 0 Å². The van der Waals surface area contributed by atoms with Crippen LogP contribution in [-0.4, -0.2) is 11.0 Å². The SMILES string of the molecule is Cc1ccc2oc(C(=O)OCc3csc(-c4ccccc4)n3)cc(=O)c2c1. The summed E-state index contributed by atoms with van der Waals surface area (Å²) in [4.78, 5) is 29.0. The Morgan fingerprint density at radius 1 is 1.15 bits per heavy atom. The molecule has 0 amide bonds. The minimum atomic E-state index is -0.691. The zero-order valence-electron chi connectivity index (χ0n) is 14.5. The van der Waals surface area contributed by atoms with Crippen molar-refractivity contribution in [1.82, 2.24) is 4.98 Å². The fraction of sp³-hybridized carbons (Fsp3) is 0.0952. The maximum atomic E-state index is 12.3. The first-order valence-corrected chi connectivity index (χ1v) is 9.19. The Hall–Kier alpha value is -3.25. The number of carbonyl (C=O) groups excluding carboxylic acids is 1. The average Bonchev–Trinajstić information content (AvgIpc) is 3.16. The van der Waals surface area contributed by atoms with E-state index >= 15 is 0 Å². The van der Waals surface area contributed by atoms with Crippen LogP contribution in [0.5, 0.6) is 0 Å². The summed E-state index contributed by atoms with van der Waals surface area (Å²) in [6.07, 6.45) is 0. The van der Waals surface area contributed by atoms with Gasteiger partial charge in [-0.1, -0.05) is 42.0 Å². The van der Waals surface area contributed by atoms with Gasteiger partial charge in [-0.05, 0) is 19.1 Å². The van der Waals surface area contributed by atoms with Crippen LogP contribution in [0.2, 0.25) is 0 Å². The third kappa shape index (κ3) is 3.66. The molecule has 2 heterocycles. The van der Waals surface area contributed by atoms with Crippen LogP contribution in [0.4, 0.5) is 0 Å². The third-order valence-corrected chi connectivity index (χ3v) is 4.95. The van der Waals surface area contributed by atoms with Crippen LogP contribution in [0.1, 0.15) is 21.8 Å². The van der Waals surface area contributed by atoms with Gasteiger partial charge < -0.3 is 9.15 Å². The van der Waals surface area contributed by atoms with E-state index in [-0.39, 0.29) is 17.8 Å². The maximum absolute atomic E-state index is 12.3. The highest BCUT2D eigenvalue weighted by molar-refractivity contribution is 7.13. The molecule has 0 aliphatic rings. The smallest absolute Gasteiger partial charge is 0.374 e. The summed E-state index contributed by atoms with van der Waals surface area (Å²) in [5.74, 6) is -0.807. The Labute approximate surface area is 158 Å². The molecule has 0 fully saturated rings. The first-order chi connectivity index (χ1) is 13.1. The number of nitrogens with zero attached hydrogens (tertiary/aromatic N) is 1. The van der Waals surface area contributed by atoms with Crippen molar-refractivity contribution in [2.45, 2.75) is 13.5 Å². The predicted octanol–water partition coefficient (Wildman–Crippen LogP) is 4.58. The molecule has 0 radical (unpaired) electrons. The van der Waals surface area contributed by atoms with Crippen molar-refractivity contribution < 1.29 is 13.9 Å². The first-order valence-electron chi connectivity index (χ1n) is 8.31. The van der Waals surface area contributed by atoms with Crippen molar-refractivity contribution in [1.29, 1.82) is 0 Å². The van der Waals surface area contributed by atoms with Crippen molar-refractivity contribution in [3.63, 3.8) is 0 Å². The normalized spacial score (nSPS) is 10.9. The summed E-state index contributed by atoms with van der Waals surface area (Å²) in [6.45, 7) is 1.90. The lowest BCUT2D eigenvalue weighted by atomic mass is 10.1. The fourth-order valence-corrected chi connectivity index (χ4v) is 3.48. The fourth-order valence-electron chi connectivity index (χ4n) is 2.67. The summed E-state index contributed by atoms with van der Waals surface area (Å²) in [6, 6.07) is 16.2. The zero-order valence-corrected chi connectivity index (χ0v) is 15.3. The van der Waals surface area contributed by atoms with Crippen molar-refractivity contribution >= 4 is 28.3 Å². The van der Waals surface area contributed by atoms with Crippen LogP contribution in [0.15, 0.2) is 69.2 Å². The Morgan fingerprint density at radius 3 is 2.78 bits per heavy atom. The second kappa shape index (κ2) is 7.17. The highest BCUT2D eigenvalue weighted by atomic mass is 32.1. The van der Waals surface area contributed by atoms with Crippen molar-refractivity contribution in [3.8, 4) is 10.6 Å². The van der Waals surface area contributed by atoms with Crippen molar-refractivity contribution in [2.75, 3.05) is 0 Å². The molecule has 4 aromatic rings. The number of aryl methyl sites for hydroxylation is 1. The number of ether oxygens (including phenoxy) is 1. The van der Waals surface area contributed by atoms with Gasteiger partial charge in [-0.25, -0.2) is 9.78 Å². The Kier molecular flexibility index (Phi) is 4.56. The summed E-state index contributed by atoms with van der Waals surface area (Å²) in [7, 11) is 0. The molecule has 0 N–H and O–H groups in total. The molecular weight excluding hydrogens is 362 g/mol. The second-order valence-electron chi connectivity index (χ2n) is 6.06. The van der Waals surface area contributed by atoms with Crippen molar-refractivity contribution in [3.05, 3.63) is 87.2 Å². The van der Waals surface area contributed by atoms with E-state index in [4.69, 9.17) is 9.15 Å². The van der Waals surface area contributed by atoms with E-state index in [2.05, 4.69) is 4.98 Å². The summed E-state index contributed by atoms with van der Waals surface area (Å²) in [5, 5.41) is 3.14. The molecule has 2 aromatic heterocycles. The Morgan fingerprint density at radius 2 is 1.96 bits per heavy atom. The number of benzene rings is 2. The summed E-state index contributed by atoms with van der Waals surface area (Å²) in [5.41, 5.74) is 2.69. The van der Waals surface area contributed by atoms with E-state index in [1.165, 1.54) is 17.4 Å². The minimum Gasteiger partial charge on any atom is -0.453 e. The van der Waals surface area contributed by atoms with Gasteiger partial charge in [0.25, 0.3) is 0 Å². The molecule has 6 heteroatoms. The highest BCUT2D eigenvalue weighted by Crippen LogP contribution is 2.23. The van der Waals surface area contributed by atoms with E-state index in [0.717, 1.165) is 16.1 Å². The molecule has 0 aliphatic heterocycles. The monoisotopic (exact) mass is 377 g/mol. The van der Waals surface area contributed by atoms with E-state index in [9.17, 15) is 9.59 Å². The quantitative estimate of drug-likeness (QED) is 0.487. The average molecular weight is 377 g/mol. The largest absolute Gasteiger partial charge is 0.453 e. The number of aromatic nitrogens is 1. The van der Waals surface area contributed by atoms with Gasteiger partial charge in [-0.15, -0.1) is 11.3 Å². The van der Waals surface area contributed by atoms with Gasteiger partial charge in [0.15, 0.2) is 5.43 Å². The molecular formula is C21H15NO4S. The summed E-state index contributed by atoms with van der Waals surface area (Å²) >= 11 is 1.48. The molecule has 0 spiro atoms. The number of esters is 1. The number of rotatable bonds is 4. The molecule has 0 unspecified atom stereocenters. The van der Waals surface area contributed by atoms with Gasteiger partial charge >= 0.3 is 5.97 Å². The standard InChI is InChI=1S/C21H15NO4S/c1-13-7-8-18-16(9-13)17(23)10-19(26-18)21(24)25-11-15-12-27-20(22-15)14-5-3-2-4-6-14/h2-10,12H,11H2,1H3. The lowest BCUT2D eigenvalue weighted by molar-refractivity contribution is 0.0432. The van der Waals surface area contributed by atoms with Crippen molar-refractivity contribution in [2.24, 2.45) is 0 Å². The number of hydrogen-bond acceptors (Lipinski definition) is 6. The van der Waals surface area contributed by atoms with Gasteiger partial charge in [0.1, 0.15) is 17.2 Å². The highest BCUT2D eigenvalue weighted by Gasteiger charge is 2.15. The molecule has 27 heavy (non-hydrogen) atoms. The Balaban J connectivity index is 1.50. The van der Waals surface area contributed by atoms with Crippen LogP contribution >= 0.6 is 11.3 Å². The molecule has 0 saturated heterocycles. The van der Waals surface area contributed by atoms with Crippen LogP contribution in [-0.2, 0) is 11.3 Å². The third-order valence-electron chi connectivity index (χ3n) is 4.01. The molecule has 0 atom stereocenters. The molecule has 134 valence electrons. The van der Waals surface area contributed by atoms with Gasteiger partial charge in [0.2, 0.25) is 5.76 Å². The molecule has 5 nitrogen and oxygen atoms in total. The molecule has 4 rings (SSSR count). The van der Waals surface area contributed by atoms with Crippen LogP contribution < -0.4 is 5.43 Å². The molecule has 0 saturated carbocycles. The number of hydrogen-bond donors (Lipinski definition) is 0. The van der Waals surface area contributed by atoms with E-state index in [0.29, 0.717) is 16.7 Å². The van der Waals surface area contributed by atoms with Crippen LogP contribution in [0, 0.1) is 6.92 Å². The number of carbonyl (C=O) groups is 1. The minimum absolute atomic E-state index is 0.0117. The van der Waals surface area contributed by atoms with E-state index in [1.54, 1.807) is 12.1 Å². The van der Waals surface area contributed by atoms with Gasteiger partial charge in [-0.3, -0.25) is 4.79 Å². The van der Waals surface area contributed by atoms with Gasteiger partial charge in [0, 0.05) is 17.0 Å². The lowest BCUT2D eigenvalue weighted by Gasteiger charge is -2.04. The first kappa shape index (κ1) is 17.2. The predicted molar refractivity (Wildman–Crippen MR) is 104 cm³/mol. The van der Waals surface area contributed by atoms with E-state index in [1.807, 2.05) is 48.7 Å². The van der Waals surface area contributed by atoms with E-state index < -0.39 is 5.97 Å². The maximum Gasteiger partial charge on any atom is 0.374 e. The number of thiazole rings is 1. The van der Waals surface area contributed by atoms with Gasteiger partial charge in [0.05, 0.1) is 11.1 Å². The lowest BCUT2D eigenvalue weighted by Crippen LogP contribution is -2.10. The molecule has 2 aromatic carbocycles. The topological polar surface area (TPSA) is 69.4 Å². The Bertz CT molecular complexity index is 1180.